The van der Waals surface area contributed by atoms with Crippen molar-refractivity contribution in [2.75, 3.05) is 11.5 Å². The number of benzene rings is 2. The van der Waals surface area contributed by atoms with E-state index in [4.69, 9.17) is 10.5 Å². The molecule has 5 heteroatoms. The maximum atomic E-state index is 13.2. The topological polar surface area (TPSA) is 52.3 Å². The Bertz CT molecular complexity index is 717. The van der Waals surface area contributed by atoms with Gasteiger partial charge in [0.05, 0.1) is 16.6 Å². The van der Waals surface area contributed by atoms with Crippen molar-refractivity contribution in [3.8, 4) is 5.75 Å². The van der Waals surface area contributed by atoms with Gasteiger partial charge in [-0.05, 0) is 42.8 Å². The number of nitrogens with two attached hydrogens (primary N) is 1. The van der Waals surface area contributed by atoms with Crippen LogP contribution in [0.4, 0.5) is 10.1 Å². The first-order chi connectivity index (χ1) is 10.0. The minimum Gasteiger partial charge on any atom is -0.489 e. The van der Waals surface area contributed by atoms with E-state index in [1.807, 2.05) is 13.0 Å². The van der Waals surface area contributed by atoms with Gasteiger partial charge in [0.25, 0.3) is 0 Å². The second-order valence-electron chi connectivity index (χ2n) is 5.23. The summed E-state index contributed by atoms with van der Waals surface area (Å²) < 4.78 is 31.4. The first-order valence-corrected chi connectivity index (χ1v) is 8.04. The maximum absolute atomic E-state index is 13.2. The number of halogens is 1. The van der Waals surface area contributed by atoms with Gasteiger partial charge < -0.3 is 10.5 Å². The van der Waals surface area contributed by atoms with E-state index in [1.54, 1.807) is 18.2 Å². The molecule has 0 saturated carbocycles. The van der Waals surface area contributed by atoms with Crippen LogP contribution in [-0.4, -0.2) is 16.1 Å². The fraction of sp³-hybridized carbons (Fsp3) is 0.250. The van der Waals surface area contributed by atoms with Crippen LogP contribution >= 0.6 is 0 Å². The van der Waals surface area contributed by atoms with Crippen LogP contribution < -0.4 is 10.5 Å². The van der Waals surface area contributed by atoms with Gasteiger partial charge in [0, 0.05) is 22.6 Å². The second-order valence-corrected chi connectivity index (χ2v) is 6.70. The SMILES string of the molecule is Cc1ccc(N)cc1S(=O)CC1Cc2cc(F)ccc2O1. The Morgan fingerprint density at radius 2 is 2.14 bits per heavy atom. The Labute approximate surface area is 125 Å². The average Bonchev–Trinajstić information content (AvgIpc) is 2.82. The quantitative estimate of drug-likeness (QED) is 0.887. The Hall–Kier alpha value is -1.88. The van der Waals surface area contributed by atoms with Crippen molar-refractivity contribution in [3.05, 3.63) is 53.3 Å². The van der Waals surface area contributed by atoms with E-state index in [0.717, 1.165) is 16.0 Å². The highest BCUT2D eigenvalue weighted by atomic mass is 32.2. The fourth-order valence-corrected chi connectivity index (χ4v) is 3.90. The third-order valence-electron chi connectivity index (χ3n) is 3.56. The lowest BCUT2D eigenvalue weighted by atomic mass is 10.1. The monoisotopic (exact) mass is 305 g/mol. The predicted octanol–water partition coefficient (Wildman–Crippen LogP) is 2.83. The molecule has 2 unspecified atom stereocenters. The number of ether oxygens (including phenoxy) is 1. The first-order valence-electron chi connectivity index (χ1n) is 6.72. The summed E-state index contributed by atoms with van der Waals surface area (Å²) >= 11 is 0. The molecule has 0 aromatic heterocycles. The van der Waals surface area contributed by atoms with E-state index < -0.39 is 10.8 Å². The number of hydrogen-bond donors (Lipinski definition) is 1. The van der Waals surface area contributed by atoms with Crippen molar-refractivity contribution < 1.29 is 13.3 Å². The van der Waals surface area contributed by atoms with Gasteiger partial charge in [-0.1, -0.05) is 6.07 Å². The van der Waals surface area contributed by atoms with Crippen LogP contribution in [0.1, 0.15) is 11.1 Å². The van der Waals surface area contributed by atoms with Crippen molar-refractivity contribution in [3.63, 3.8) is 0 Å². The molecule has 0 bridgehead atoms. The third-order valence-corrected chi connectivity index (χ3v) is 5.16. The largest absolute Gasteiger partial charge is 0.489 e. The molecule has 21 heavy (non-hydrogen) atoms. The highest BCUT2D eigenvalue weighted by molar-refractivity contribution is 7.85. The first kappa shape index (κ1) is 14.1. The summed E-state index contributed by atoms with van der Waals surface area (Å²) in [6.45, 7) is 1.91. The maximum Gasteiger partial charge on any atom is 0.123 e. The van der Waals surface area contributed by atoms with E-state index in [9.17, 15) is 8.60 Å². The van der Waals surface area contributed by atoms with Gasteiger partial charge in [-0.2, -0.15) is 0 Å². The molecule has 110 valence electrons. The van der Waals surface area contributed by atoms with Crippen molar-refractivity contribution in [2.45, 2.75) is 24.3 Å². The molecule has 1 heterocycles. The highest BCUT2D eigenvalue weighted by Crippen LogP contribution is 2.30. The predicted molar refractivity (Wildman–Crippen MR) is 81.4 cm³/mol. The Morgan fingerprint density at radius 1 is 1.33 bits per heavy atom. The third kappa shape index (κ3) is 2.93. The lowest BCUT2D eigenvalue weighted by Gasteiger charge is -2.12. The van der Waals surface area contributed by atoms with Gasteiger partial charge in [-0.15, -0.1) is 0 Å². The number of rotatable bonds is 3. The van der Waals surface area contributed by atoms with Gasteiger partial charge in [-0.25, -0.2) is 4.39 Å². The van der Waals surface area contributed by atoms with E-state index in [2.05, 4.69) is 0 Å². The Kier molecular flexibility index (Phi) is 3.68. The summed E-state index contributed by atoms with van der Waals surface area (Å²) in [6, 6.07) is 9.87. The number of hydrogen-bond acceptors (Lipinski definition) is 3. The molecular weight excluding hydrogens is 289 g/mol. The van der Waals surface area contributed by atoms with Gasteiger partial charge in [0.1, 0.15) is 17.7 Å². The van der Waals surface area contributed by atoms with Gasteiger partial charge in [-0.3, -0.25) is 4.21 Å². The molecule has 0 fully saturated rings. The second kappa shape index (κ2) is 5.48. The Morgan fingerprint density at radius 3 is 2.95 bits per heavy atom. The summed E-state index contributed by atoms with van der Waals surface area (Å²) in [5.74, 6) is 0.786. The van der Waals surface area contributed by atoms with Crippen molar-refractivity contribution in [2.24, 2.45) is 0 Å². The van der Waals surface area contributed by atoms with E-state index in [0.29, 0.717) is 23.6 Å². The molecule has 2 aromatic rings. The van der Waals surface area contributed by atoms with Gasteiger partial charge >= 0.3 is 0 Å². The molecule has 2 aromatic carbocycles. The summed E-state index contributed by atoms with van der Waals surface area (Å²) in [6.07, 6.45) is 0.392. The lowest BCUT2D eigenvalue weighted by Crippen LogP contribution is -2.22. The van der Waals surface area contributed by atoms with Crippen LogP contribution in [0.2, 0.25) is 0 Å². The van der Waals surface area contributed by atoms with Crippen LogP contribution in [0, 0.1) is 12.7 Å². The smallest absolute Gasteiger partial charge is 0.123 e. The van der Waals surface area contributed by atoms with E-state index >= 15 is 0 Å². The van der Waals surface area contributed by atoms with E-state index in [1.165, 1.54) is 12.1 Å². The molecular formula is C16H16FNO2S. The summed E-state index contributed by atoms with van der Waals surface area (Å²) in [7, 11) is -1.19. The highest BCUT2D eigenvalue weighted by Gasteiger charge is 2.26. The molecule has 3 rings (SSSR count). The van der Waals surface area contributed by atoms with Crippen molar-refractivity contribution in [1.82, 2.24) is 0 Å². The van der Waals surface area contributed by atoms with Crippen LogP contribution in [0.5, 0.6) is 5.75 Å². The zero-order valence-corrected chi connectivity index (χ0v) is 12.5. The van der Waals surface area contributed by atoms with Crippen molar-refractivity contribution >= 4 is 16.5 Å². The van der Waals surface area contributed by atoms with Crippen LogP contribution in [0.3, 0.4) is 0 Å². The summed E-state index contributed by atoms with van der Waals surface area (Å²) in [5.41, 5.74) is 8.13. The standard InChI is InChI=1S/C16H16FNO2S/c1-10-2-4-13(18)8-16(10)21(19)9-14-7-11-6-12(17)3-5-15(11)20-14/h2-6,8,14H,7,9,18H2,1H3. The molecule has 0 spiro atoms. The minimum absolute atomic E-state index is 0.191. The molecule has 1 aliphatic rings. The molecule has 0 radical (unpaired) electrons. The summed E-state index contributed by atoms with van der Waals surface area (Å²) in [4.78, 5) is 0.737. The zero-order chi connectivity index (χ0) is 15.0. The molecule has 2 atom stereocenters. The van der Waals surface area contributed by atoms with Crippen LogP contribution in [0.15, 0.2) is 41.3 Å². The molecule has 3 nitrogen and oxygen atoms in total. The fourth-order valence-electron chi connectivity index (χ4n) is 2.50. The molecule has 0 amide bonds. The zero-order valence-electron chi connectivity index (χ0n) is 11.6. The normalized spacial score (nSPS) is 18.1. The van der Waals surface area contributed by atoms with Gasteiger partial charge in [0.2, 0.25) is 0 Å². The Balaban J connectivity index is 1.74. The lowest BCUT2D eigenvalue weighted by molar-refractivity contribution is 0.258. The van der Waals surface area contributed by atoms with Crippen LogP contribution in [-0.2, 0) is 17.2 Å². The van der Waals surface area contributed by atoms with E-state index in [-0.39, 0.29) is 11.9 Å². The molecule has 0 aliphatic carbocycles. The van der Waals surface area contributed by atoms with Gasteiger partial charge in [0.15, 0.2) is 0 Å². The number of aryl methyl sites for hydroxylation is 1. The number of anilines is 1. The molecule has 0 saturated heterocycles. The van der Waals surface area contributed by atoms with Crippen molar-refractivity contribution in [1.29, 1.82) is 0 Å². The number of fused-ring (bicyclic) bond motifs is 1. The average molecular weight is 305 g/mol. The minimum atomic E-state index is -1.19. The van der Waals surface area contributed by atoms with Crippen LogP contribution in [0.25, 0.3) is 0 Å². The molecule has 1 aliphatic heterocycles. The summed E-state index contributed by atoms with van der Waals surface area (Å²) in [5, 5.41) is 0. The number of nitrogen functional groups attached to an aromatic ring is 1. The molecule has 2 N–H and O–H groups in total.